The molecular formula is C17H16FN3OS. The lowest BCUT2D eigenvalue weighted by Crippen LogP contribution is -2.07. The van der Waals surface area contributed by atoms with Crippen molar-refractivity contribution in [2.45, 2.75) is 6.54 Å². The van der Waals surface area contributed by atoms with Crippen LogP contribution < -0.4 is 14.6 Å². The van der Waals surface area contributed by atoms with E-state index in [0.29, 0.717) is 12.1 Å². The number of nitrogens with two attached hydrogens (primary N) is 1. The van der Waals surface area contributed by atoms with Crippen LogP contribution >= 0.6 is 12.1 Å². The number of rotatable bonds is 5. The van der Waals surface area contributed by atoms with Crippen molar-refractivity contribution >= 4 is 23.0 Å². The summed E-state index contributed by atoms with van der Waals surface area (Å²) in [5, 5.41) is 6.25. The van der Waals surface area contributed by atoms with Crippen molar-refractivity contribution in [2.24, 2.45) is 5.14 Å². The Kier molecular flexibility index (Phi) is 4.76. The number of nitrogens with zero attached hydrogens (tertiary/aromatic N) is 1. The molecule has 2 aromatic carbocycles. The molecule has 0 bridgehead atoms. The molecule has 0 radical (unpaired) electrons. The largest absolute Gasteiger partial charge is 0.497 e. The summed E-state index contributed by atoms with van der Waals surface area (Å²) in [7, 11) is 1.62. The molecular weight excluding hydrogens is 313 g/mol. The molecule has 4 nitrogen and oxygen atoms in total. The SMILES string of the molecule is COc1ccc2c(-c3ccc(CNSN)c(F)c3)ccnc2c1. The van der Waals surface area contributed by atoms with Gasteiger partial charge in [0.05, 0.1) is 12.6 Å². The van der Waals surface area contributed by atoms with Crippen LogP contribution in [0.2, 0.25) is 0 Å². The van der Waals surface area contributed by atoms with Gasteiger partial charge in [0.25, 0.3) is 0 Å². The molecule has 3 aromatic rings. The molecule has 0 spiro atoms. The minimum absolute atomic E-state index is 0.262. The van der Waals surface area contributed by atoms with Gasteiger partial charge < -0.3 is 4.74 Å². The fourth-order valence-corrected chi connectivity index (χ4v) is 2.72. The zero-order chi connectivity index (χ0) is 16.2. The lowest BCUT2D eigenvalue weighted by Gasteiger charge is -2.10. The zero-order valence-corrected chi connectivity index (χ0v) is 13.4. The van der Waals surface area contributed by atoms with Crippen molar-refractivity contribution in [2.75, 3.05) is 7.11 Å². The highest BCUT2D eigenvalue weighted by Crippen LogP contribution is 2.30. The van der Waals surface area contributed by atoms with E-state index >= 15 is 0 Å². The third-order valence-corrected chi connectivity index (χ3v) is 3.97. The third-order valence-electron chi connectivity index (χ3n) is 3.66. The van der Waals surface area contributed by atoms with Crippen LogP contribution in [-0.4, -0.2) is 12.1 Å². The van der Waals surface area contributed by atoms with E-state index in [1.165, 1.54) is 6.07 Å². The molecule has 0 saturated heterocycles. The average molecular weight is 329 g/mol. The summed E-state index contributed by atoms with van der Waals surface area (Å²) >= 11 is 0.974. The molecule has 0 amide bonds. The number of pyridine rings is 1. The summed E-state index contributed by atoms with van der Waals surface area (Å²) in [6.07, 6.45) is 1.72. The van der Waals surface area contributed by atoms with Gasteiger partial charge in [0, 0.05) is 41.9 Å². The first-order valence-corrected chi connectivity index (χ1v) is 7.91. The van der Waals surface area contributed by atoms with Crippen LogP contribution in [0.4, 0.5) is 4.39 Å². The third kappa shape index (κ3) is 3.29. The highest BCUT2D eigenvalue weighted by Gasteiger charge is 2.09. The molecule has 0 aliphatic rings. The smallest absolute Gasteiger partial charge is 0.128 e. The molecule has 0 unspecified atom stereocenters. The minimum atomic E-state index is -0.262. The van der Waals surface area contributed by atoms with Crippen LogP contribution in [0.5, 0.6) is 5.75 Å². The number of hydrogen-bond acceptors (Lipinski definition) is 5. The Balaban J connectivity index is 2.04. The monoisotopic (exact) mass is 329 g/mol. The quantitative estimate of drug-likeness (QED) is 0.700. The molecule has 0 aliphatic heterocycles. The summed E-state index contributed by atoms with van der Waals surface area (Å²) in [6.45, 7) is 0.377. The summed E-state index contributed by atoms with van der Waals surface area (Å²) in [5.41, 5.74) is 3.13. The van der Waals surface area contributed by atoms with Crippen molar-refractivity contribution < 1.29 is 9.13 Å². The van der Waals surface area contributed by atoms with E-state index in [2.05, 4.69) is 9.71 Å². The number of methoxy groups -OCH3 is 1. The first kappa shape index (κ1) is 15.7. The topological polar surface area (TPSA) is 60.2 Å². The predicted octanol–water partition coefficient (Wildman–Crippen LogP) is 3.66. The van der Waals surface area contributed by atoms with Crippen LogP contribution in [0, 0.1) is 5.82 Å². The van der Waals surface area contributed by atoms with Crippen LogP contribution in [0.25, 0.3) is 22.0 Å². The molecule has 3 rings (SSSR count). The van der Waals surface area contributed by atoms with E-state index < -0.39 is 0 Å². The first-order chi connectivity index (χ1) is 11.2. The number of nitrogens with one attached hydrogen (secondary N) is 1. The fourth-order valence-electron chi connectivity index (χ4n) is 2.48. The van der Waals surface area contributed by atoms with Gasteiger partial charge in [0.2, 0.25) is 0 Å². The fraction of sp³-hybridized carbons (Fsp3) is 0.118. The number of hydrogen-bond donors (Lipinski definition) is 2. The van der Waals surface area contributed by atoms with E-state index in [1.54, 1.807) is 19.4 Å². The Morgan fingerprint density at radius 1 is 1.22 bits per heavy atom. The number of halogens is 1. The van der Waals surface area contributed by atoms with E-state index in [1.807, 2.05) is 30.3 Å². The van der Waals surface area contributed by atoms with E-state index in [0.717, 1.165) is 39.9 Å². The molecule has 6 heteroatoms. The maximum absolute atomic E-state index is 14.3. The van der Waals surface area contributed by atoms with Gasteiger partial charge in [-0.2, -0.15) is 0 Å². The highest BCUT2D eigenvalue weighted by atomic mass is 32.2. The van der Waals surface area contributed by atoms with Crippen LogP contribution in [0.3, 0.4) is 0 Å². The van der Waals surface area contributed by atoms with Crippen molar-refractivity contribution in [3.63, 3.8) is 0 Å². The second-order valence-electron chi connectivity index (χ2n) is 4.99. The van der Waals surface area contributed by atoms with Crippen molar-refractivity contribution in [3.8, 4) is 16.9 Å². The number of fused-ring (bicyclic) bond motifs is 1. The molecule has 0 atom stereocenters. The Morgan fingerprint density at radius 2 is 2.09 bits per heavy atom. The van der Waals surface area contributed by atoms with E-state index in [9.17, 15) is 4.39 Å². The number of ether oxygens (including phenoxy) is 1. The Hall–Kier alpha value is -2.15. The molecule has 0 fully saturated rings. The van der Waals surface area contributed by atoms with Crippen molar-refractivity contribution in [1.29, 1.82) is 0 Å². The summed E-state index contributed by atoms with van der Waals surface area (Å²) in [5.74, 6) is 0.483. The highest BCUT2D eigenvalue weighted by molar-refractivity contribution is 7.95. The lowest BCUT2D eigenvalue weighted by atomic mass is 10.00. The van der Waals surface area contributed by atoms with Crippen LogP contribution in [0.15, 0.2) is 48.7 Å². The van der Waals surface area contributed by atoms with Crippen molar-refractivity contribution in [1.82, 2.24) is 9.71 Å². The molecule has 1 heterocycles. The van der Waals surface area contributed by atoms with Crippen molar-refractivity contribution in [3.05, 3.63) is 60.0 Å². The Bertz CT molecular complexity index is 841. The van der Waals surface area contributed by atoms with Gasteiger partial charge in [-0.3, -0.25) is 10.1 Å². The first-order valence-electron chi connectivity index (χ1n) is 7.03. The van der Waals surface area contributed by atoms with Gasteiger partial charge in [-0.25, -0.2) is 9.11 Å². The van der Waals surface area contributed by atoms with Gasteiger partial charge >= 0.3 is 0 Å². The maximum atomic E-state index is 14.3. The molecule has 1 aromatic heterocycles. The summed E-state index contributed by atoms with van der Waals surface area (Å²) in [4.78, 5) is 4.36. The number of aromatic nitrogens is 1. The Labute approximate surface area is 138 Å². The van der Waals surface area contributed by atoms with Crippen LogP contribution in [0.1, 0.15) is 5.56 Å². The maximum Gasteiger partial charge on any atom is 0.128 e. The van der Waals surface area contributed by atoms with Gasteiger partial charge in [0.1, 0.15) is 11.6 Å². The van der Waals surface area contributed by atoms with Gasteiger partial charge in [0.15, 0.2) is 0 Å². The van der Waals surface area contributed by atoms with Crippen LogP contribution in [-0.2, 0) is 6.54 Å². The average Bonchev–Trinajstić information content (AvgIpc) is 2.59. The van der Waals surface area contributed by atoms with E-state index in [4.69, 9.17) is 9.88 Å². The molecule has 0 aliphatic carbocycles. The second kappa shape index (κ2) is 6.95. The lowest BCUT2D eigenvalue weighted by molar-refractivity contribution is 0.415. The van der Waals surface area contributed by atoms with Gasteiger partial charge in [-0.05, 0) is 35.4 Å². The summed E-state index contributed by atoms with van der Waals surface area (Å²) in [6, 6.07) is 12.8. The zero-order valence-electron chi connectivity index (χ0n) is 12.5. The standard InChI is InChI=1S/C17H16FN3OS/c1-22-13-4-5-15-14(6-7-20-17(15)9-13)11-2-3-12(10-21-23-19)16(18)8-11/h2-9,21H,10,19H2,1H3. The molecule has 3 N–H and O–H groups in total. The summed E-state index contributed by atoms with van der Waals surface area (Å²) < 4.78 is 22.3. The minimum Gasteiger partial charge on any atom is -0.497 e. The van der Waals surface area contributed by atoms with Gasteiger partial charge in [-0.1, -0.05) is 12.1 Å². The Morgan fingerprint density at radius 3 is 2.83 bits per heavy atom. The molecule has 0 saturated carbocycles. The van der Waals surface area contributed by atoms with E-state index in [-0.39, 0.29) is 5.82 Å². The number of benzene rings is 2. The molecule has 118 valence electrons. The normalized spacial score (nSPS) is 10.9. The molecule has 23 heavy (non-hydrogen) atoms. The predicted molar refractivity (Wildman–Crippen MR) is 92.3 cm³/mol. The van der Waals surface area contributed by atoms with Gasteiger partial charge in [-0.15, -0.1) is 0 Å². The second-order valence-corrected chi connectivity index (χ2v) is 5.51.